The van der Waals surface area contributed by atoms with Gasteiger partial charge >= 0.3 is 11.9 Å². The molecule has 8 heteroatoms. The van der Waals surface area contributed by atoms with Crippen LogP contribution in [0.1, 0.15) is 12.0 Å². The Bertz CT molecular complexity index is 628. The van der Waals surface area contributed by atoms with Gasteiger partial charge in [-0.2, -0.15) is 4.31 Å². The van der Waals surface area contributed by atoms with Gasteiger partial charge in [-0.15, -0.1) is 0 Å². The highest BCUT2D eigenvalue weighted by molar-refractivity contribution is 7.89. The first-order valence-electron chi connectivity index (χ1n) is 6.80. The molecule has 1 fully saturated rings. The topological polar surface area (TPSA) is 90.0 Å². The minimum absolute atomic E-state index is 0.0411. The first-order valence-corrected chi connectivity index (χ1v) is 8.41. The molecule has 1 heterocycles. The molecule has 0 aromatic heterocycles. The number of carbonyl (C=O) groups excluding carboxylic acids is 2. The van der Waals surface area contributed by atoms with Gasteiger partial charge < -0.3 is 9.47 Å². The zero-order valence-electron chi connectivity index (χ0n) is 11.9. The molecule has 0 aliphatic carbocycles. The van der Waals surface area contributed by atoms with Gasteiger partial charge in [0.15, 0.2) is 6.61 Å². The number of sulfonamides is 1. The molecule has 2 rings (SSSR count). The van der Waals surface area contributed by atoms with Crippen molar-refractivity contribution in [1.82, 2.24) is 4.31 Å². The van der Waals surface area contributed by atoms with E-state index in [1.807, 2.05) is 18.2 Å². The van der Waals surface area contributed by atoms with Gasteiger partial charge in [0.05, 0.1) is 5.75 Å². The summed E-state index contributed by atoms with van der Waals surface area (Å²) in [6.07, 6.45) is 0.495. The number of nitrogens with zero attached hydrogens (tertiary/aromatic N) is 1. The van der Waals surface area contributed by atoms with Crippen molar-refractivity contribution in [3.8, 4) is 0 Å². The number of benzene rings is 1. The fourth-order valence-electron chi connectivity index (χ4n) is 1.98. The van der Waals surface area contributed by atoms with Gasteiger partial charge in [-0.3, -0.25) is 4.79 Å². The lowest BCUT2D eigenvalue weighted by atomic mass is 10.2. The molecule has 120 valence electrons. The SMILES string of the molecule is O=C(COC(=O)CN1CCCS1(=O)=O)OCc1ccccc1. The second-order valence-electron chi connectivity index (χ2n) is 4.81. The standard InChI is InChI=1S/C14H17NO6S/c16-13(9-15-7-4-8-22(15,18)19)21-11-14(17)20-10-12-5-2-1-3-6-12/h1-3,5-6H,4,7-11H2. The highest BCUT2D eigenvalue weighted by Crippen LogP contribution is 2.12. The lowest BCUT2D eigenvalue weighted by Gasteiger charge is -2.13. The van der Waals surface area contributed by atoms with E-state index in [2.05, 4.69) is 0 Å². The maximum Gasteiger partial charge on any atom is 0.344 e. The number of esters is 2. The Morgan fingerprint density at radius 2 is 1.82 bits per heavy atom. The Hall–Kier alpha value is -1.93. The number of hydrogen-bond acceptors (Lipinski definition) is 6. The van der Waals surface area contributed by atoms with E-state index in [0.29, 0.717) is 13.0 Å². The maximum absolute atomic E-state index is 11.5. The van der Waals surface area contributed by atoms with Crippen LogP contribution in [0.15, 0.2) is 30.3 Å². The average Bonchev–Trinajstić information content (AvgIpc) is 2.83. The average molecular weight is 327 g/mol. The predicted octanol–water partition coefficient (Wildman–Crippen LogP) is 0.309. The molecule has 7 nitrogen and oxygen atoms in total. The number of ether oxygens (including phenoxy) is 2. The largest absolute Gasteiger partial charge is 0.458 e. The van der Waals surface area contributed by atoms with Gasteiger partial charge in [0.2, 0.25) is 10.0 Å². The molecule has 0 saturated carbocycles. The summed E-state index contributed by atoms with van der Waals surface area (Å²) in [5, 5.41) is 0. The zero-order valence-corrected chi connectivity index (χ0v) is 12.8. The van der Waals surface area contributed by atoms with Crippen LogP contribution >= 0.6 is 0 Å². The van der Waals surface area contributed by atoms with E-state index in [1.165, 1.54) is 0 Å². The number of hydrogen-bond donors (Lipinski definition) is 0. The molecule has 1 aliphatic rings. The Balaban J connectivity index is 1.69. The van der Waals surface area contributed by atoms with Gasteiger partial charge in [0.1, 0.15) is 13.2 Å². The summed E-state index contributed by atoms with van der Waals surface area (Å²) in [7, 11) is -3.35. The zero-order chi connectivity index (χ0) is 16.0. The second-order valence-corrected chi connectivity index (χ2v) is 6.90. The van der Waals surface area contributed by atoms with E-state index in [0.717, 1.165) is 9.87 Å². The molecule has 0 spiro atoms. The third-order valence-electron chi connectivity index (χ3n) is 3.10. The minimum Gasteiger partial charge on any atom is -0.458 e. The van der Waals surface area contributed by atoms with Gasteiger partial charge in [0, 0.05) is 6.54 Å². The molecule has 22 heavy (non-hydrogen) atoms. The van der Waals surface area contributed by atoms with Crippen LogP contribution in [0.4, 0.5) is 0 Å². The van der Waals surface area contributed by atoms with Crippen molar-refractivity contribution in [3.63, 3.8) is 0 Å². The molecule has 0 bridgehead atoms. The van der Waals surface area contributed by atoms with Crippen LogP contribution < -0.4 is 0 Å². The third-order valence-corrected chi connectivity index (χ3v) is 5.01. The highest BCUT2D eigenvalue weighted by Gasteiger charge is 2.30. The molecule has 1 aromatic carbocycles. The fourth-order valence-corrected chi connectivity index (χ4v) is 3.44. The van der Waals surface area contributed by atoms with Crippen LogP contribution in [0.5, 0.6) is 0 Å². The normalized spacial score (nSPS) is 17.1. The van der Waals surface area contributed by atoms with E-state index < -0.39 is 28.6 Å². The predicted molar refractivity (Wildman–Crippen MR) is 77.2 cm³/mol. The smallest absolute Gasteiger partial charge is 0.344 e. The van der Waals surface area contributed by atoms with Gasteiger partial charge in [-0.25, -0.2) is 13.2 Å². The van der Waals surface area contributed by atoms with Gasteiger partial charge in [-0.05, 0) is 12.0 Å². The highest BCUT2D eigenvalue weighted by atomic mass is 32.2. The van der Waals surface area contributed by atoms with Crippen LogP contribution in [0.2, 0.25) is 0 Å². The Morgan fingerprint density at radius 1 is 1.09 bits per heavy atom. The lowest BCUT2D eigenvalue weighted by molar-refractivity contribution is -0.159. The van der Waals surface area contributed by atoms with Crippen LogP contribution in [0.25, 0.3) is 0 Å². The Morgan fingerprint density at radius 3 is 2.45 bits per heavy atom. The van der Waals surface area contributed by atoms with Gasteiger partial charge in [0.25, 0.3) is 0 Å². The summed E-state index contributed by atoms with van der Waals surface area (Å²) in [4.78, 5) is 23.0. The van der Waals surface area contributed by atoms with Crippen molar-refractivity contribution >= 4 is 22.0 Å². The van der Waals surface area contributed by atoms with E-state index >= 15 is 0 Å². The Labute approximate surface area is 128 Å². The van der Waals surface area contributed by atoms with Gasteiger partial charge in [-0.1, -0.05) is 30.3 Å². The summed E-state index contributed by atoms with van der Waals surface area (Å²) in [5.41, 5.74) is 0.824. The molecule has 1 aliphatic heterocycles. The molecule has 0 radical (unpaired) electrons. The maximum atomic E-state index is 11.5. The van der Waals surface area contributed by atoms with Crippen molar-refractivity contribution < 1.29 is 27.5 Å². The summed E-state index contributed by atoms with van der Waals surface area (Å²) < 4.78 is 33.8. The molecule has 1 aromatic rings. The first-order chi connectivity index (χ1) is 10.5. The molecule has 0 unspecified atom stereocenters. The monoisotopic (exact) mass is 327 g/mol. The number of rotatable bonds is 6. The number of carbonyl (C=O) groups is 2. The van der Waals surface area contributed by atoms with E-state index in [4.69, 9.17) is 9.47 Å². The van der Waals surface area contributed by atoms with Crippen molar-refractivity contribution in [2.45, 2.75) is 13.0 Å². The van der Waals surface area contributed by atoms with E-state index in [1.54, 1.807) is 12.1 Å². The van der Waals surface area contributed by atoms with Crippen LogP contribution in [-0.4, -0.2) is 50.1 Å². The van der Waals surface area contributed by atoms with Crippen molar-refractivity contribution in [2.75, 3.05) is 25.4 Å². The lowest BCUT2D eigenvalue weighted by Crippen LogP contribution is -2.33. The summed E-state index contributed by atoms with van der Waals surface area (Å²) in [6, 6.07) is 9.09. The van der Waals surface area contributed by atoms with E-state index in [-0.39, 0.29) is 18.9 Å². The first kappa shape index (κ1) is 16.4. The van der Waals surface area contributed by atoms with Crippen LogP contribution in [-0.2, 0) is 35.7 Å². The molecule has 0 atom stereocenters. The van der Waals surface area contributed by atoms with E-state index in [9.17, 15) is 18.0 Å². The van der Waals surface area contributed by atoms with Crippen molar-refractivity contribution in [2.24, 2.45) is 0 Å². The molecular formula is C14H17NO6S. The fraction of sp³-hybridized carbons (Fsp3) is 0.429. The summed E-state index contributed by atoms with van der Waals surface area (Å²) >= 11 is 0. The Kier molecular flexibility index (Phi) is 5.51. The molecule has 0 N–H and O–H groups in total. The molecule has 1 saturated heterocycles. The van der Waals surface area contributed by atoms with Crippen LogP contribution in [0.3, 0.4) is 0 Å². The molecular weight excluding hydrogens is 310 g/mol. The second kappa shape index (κ2) is 7.37. The molecule has 0 amide bonds. The van der Waals surface area contributed by atoms with Crippen molar-refractivity contribution in [1.29, 1.82) is 0 Å². The third kappa shape index (κ3) is 4.81. The van der Waals surface area contributed by atoms with Crippen LogP contribution in [0, 0.1) is 0 Å². The summed E-state index contributed by atoms with van der Waals surface area (Å²) in [5.74, 6) is -1.40. The summed E-state index contributed by atoms with van der Waals surface area (Å²) in [6.45, 7) is -0.499. The van der Waals surface area contributed by atoms with Crippen molar-refractivity contribution in [3.05, 3.63) is 35.9 Å². The minimum atomic E-state index is -3.35. The quantitative estimate of drug-likeness (QED) is 0.699.